The lowest BCUT2D eigenvalue weighted by Gasteiger charge is -2.26. The van der Waals surface area contributed by atoms with Gasteiger partial charge < -0.3 is 4.90 Å². The Bertz CT molecular complexity index is 925. The molecule has 0 aliphatic heterocycles. The first-order chi connectivity index (χ1) is 11.8. The zero-order chi connectivity index (χ0) is 16.4. The predicted molar refractivity (Wildman–Crippen MR) is 106 cm³/mol. The van der Waals surface area contributed by atoms with Crippen LogP contribution in [0.4, 0.5) is 17.1 Å². The summed E-state index contributed by atoms with van der Waals surface area (Å²) in [4.78, 5) is 2.28. The highest BCUT2D eigenvalue weighted by molar-refractivity contribution is 9.10. The summed E-state index contributed by atoms with van der Waals surface area (Å²) in [5.74, 6) is 0. The summed E-state index contributed by atoms with van der Waals surface area (Å²) in [6.45, 7) is 0. The van der Waals surface area contributed by atoms with Crippen LogP contribution in [0, 0.1) is 0 Å². The van der Waals surface area contributed by atoms with Crippen LogP contribution >= 0.6 is 15.9 Å². The van der Waals surface area contributed by atoms with E-state index in [0.717, 1.165) is 21.5 Å². The molecule has 0 saturated heterocycles. The van der Waals surface area contributed by atoms with Gasteiger partial charge in [0.2, 0.25) is 0 Å². The van der Waals surface area contributed by atoms with Crippen LogP contribution in [0.1, 0.15) is 0 Å². The topological polar surface area (TPSA) is 3.24 Å². The molecule has 0 heterocycles. The van der Waals surface area contributed by atoms with Gasteiger partial charge in [-0.15, -0.1) is 0 Å². The number of halogens is 1. The summed E-state index contributed by atoms with van der Waals surface area (Å²) in [7, 11) is 0. The van der Waals surface area contributed by atoms with Crippen LogP contribution in [0.15, 0.2) is 102 Å². The maximum atomic E-state index is 3.73. The molecule has 0 spiro atoms. The Labute approximate surface area is 150 Å². The highest BCUT2D eigenvalue weighted by atomic mass is 79.9. The van der Waals surface area contributed by atoms with Crippen LogP contribution in [0.25, 0.3) is 10.8 Å². The average Bonchev–Trinajstić information content (AvgIpc) is 2.64. The molecular weight excluding hydrogens is 358 g/mol. The molecule has 0 radical (unpaired) electrons. The van der Waals surface area contributed by atoms with Gasteiger partial charge in [-0.1, -0.05) is 76.6 Å². The van der Waals surface area contributed by atoms with Crippen molar-refractivity contribution in [3.05, 3.63) is 102 Å². The van der Waals surface area contributed by atoms with E-state index in [1.54, 1.807) is 0 Å². The molecule has 0 aliphatic carbocycles. The lowest BCUT2D eigenvalue weighted by atomic mass is 10.1. The molecule has 1 nitrogen and oxygen atoms in total. The largest absolute Gasteiger partial charge is 0.310 e. The normalized spacial score (nSPS) is 10.7. The molecule has 116 valence electrons. The molecule has 0 atom stereocenters. The number of fused-ring (bicyclic) bond motifs is 1. The van der Waals surface area contributed by atoms with Crippen LogP contribution in [0.3, 0.4) is 0 Å². The molecule has 0 aromatic heterocycles. The van der Waals surface area contributed by atoms with Gasteiger partial charge >= 0.3 is 0 Å². The molecule has 0 saturated carbocycles. The number of nitrogens with zero attached hydrogens (tertiary/aromatic N) is 1. The third-order valence-electron chi connectivity index (χ3n) is 4.08. The Morgan fingerprint density at radius 2 is 1.08 bits per heavy atom. The average molecular weight is 374 g/mol. The second kappa shape index (κ2) is 6.50. The van der Waals surface area contributed by atoms with E-state index in [0.29, 0.717) is 0 Å². The fourth-order valence-corrected chi connectivity index (χ4v) is 3.58. The van der Waals surface area contributed by atoms with Crippen molar-refractivity contribution in [3.63, 3.8) is 0 Å². The first-order valence-electron chi connectivity index (χ1n) is 7.91. The van der Waals surface area contributed by atoms with E-state index in [9.17, 15) is 0 Å². The Balaban J connectivity index is 1.94. The van der Waals surface area contributed by atoms with Crippen molar-refractivity contribution in [1.29, 1.82) is 0 Å². The van der Waals surface area contributed by atoms with Crippen molar-refractivity contribution >= 4 is 43.8 Å². The minimum atomic E-state index is 1.10. The molecule has 0 unspecified atom stereocenters. The lowest BCUT2D eigenvalue weighted by Crippen LogP contribution is -2.09. The molecule has 0 amide bonds. The lowest BCUT2D eigenvalue weighted by molar-refractivity contribution is 1.29. The fraction of sp³-hybridized carbons (Fsp3) is 0. The van der Waals surface area contributed by atoms with Crippen LogP contribution in [-0.2, 0) is 0 Å². The minimum absolute atomic E-state index is 1.10. The van der Waals surface area contributed by atoms with Gasteiger partial charge in [0.1, 0.15) is 0 Å². The minimum Gasteiger partial charge on any atom is -0.310 e. The highest BCUT2D eigenvalue weighted by Crippen LogP contribution is 2.38. The standard InChI is InChI=1S/C22H16BrN/c23-22-16-20(15-17-9-7-8-14-21(17)22)24(18-10-3-1-4-11-18)19-12-5-2-6-13-19/h1-16H. The summed E-state index contributed by atoms with van der Waals surface area (Å²) < 4.78 is 1.10. The van der Waals surface area contributed by atoms with Gasteiger partial charge in [0.15, 0.2) is 0 Å². The molecule has 0 aliphatic rings. The van der Waals surface area contributed by atoms with Crippen molar-refractivity contribution in [1.82, 2.24) is 0 Å². The van der Waals surface area contributed by atoms with Crippen LogP contribution in [-0.4, -0.2) is 0 Å². The van der Waals surface area contributed by atoms with E-state index in [4.69, 9.17) is 0 Å². The van der Waals surface area contributed by atoms with Gasteiger partial charge in [-0.05, 0) is 47.2 Å². The van der Waals surface area contributed by atoms with E-state index in [2.05, 4.69) is 106 Å². The summed E-state index contributed by atoms with van der Waals surface area (Å²) >= 11 is 3.73. The van der Waals surface area contributed by atoms with Crippen LogP contribution in [0.2, 0.25) is 0 Å². The molecule has 0 N–H and O–H groups in total. The zero-order valence-corrected chi connectivity index (χ0v) is 14.6. The number of rotatable bonds is 3. The van der Waals surface area contributed by atoms with Gasteiger partial charge in [-0.3, -0.25) is 0 Å². The fourth-order valence-electron chi connectivity index (χ4n) is 2.98. The molecule has 4 aromatic rings. The summed E-state index contributed by atoms with van der Waals surface area (Å²) in [6.07, 6.45) is 0. The first kappa shape index (κ1) is 15.0. The molecule has 0 fully saturated rings. The zero-order valence-electron chi connectivity index (χ0n) is 13.1. The summed E-state index contributed by atoms with van der Waals surface area (Å²) in [6, 6.07) is 33.8. The number of hydrogen-bond acceptors (Lipinski definition) is 1. The van der Waals surface area contributed by atoms with Gasteiger partial charge in [0, 0.05) is 21.5 Å². The van der Waals surface area contributed by atoms with Gasteiger partial charge in [0.25, 0.3) is 0 Å². The van der Waals surface area contributed by atoms with E-state index < -0.39 is 0 Å². The monoisotopic (exact) mass is 373 g/mol. The molecular formula is C22H16BrN. The Morgan fingerprint density at radius 3 is 1.71 bits per heavy atom. The van der Waals surface area contributed by atoms with E-state index in [1.165, 1.54) is 10.8 Å². The van der Waals surface area contributed by atoms with E-state index in [-0.39, 0.29) is 0 Å². The molecule has 4 rings (SSSR count). The summed E-state index contributed by atoms with van der Waals surface area (Å²) in [5, 5.41) is 2.45. The van der Waals surface area contributed by atoms with Crippen molar-refractivity contribution in [2.24, 2.45) is 0 Å². The Hall–Kier alpha value is -2.58. The Morgan fingerprint density at radius 1 is 0.542 bits per heavy atom. The van der Waals surface area contributed by atoms with E-state index in [1.807, 2.05) is 12.1 Å². The molecule has 24 heavy (non-hydrogen) atoms. The van der Waals surface area contributed by atoms with Crippen LogP contribution < -0.4 is 4.90 Å². The maximum Gasteiger partial charge on any atom is 0.0479 e. The second-order valence-electron chi connectivity index (χ2n) is 5.66. The highest BCUT2D eigenvalue weighted by Gasteiger charge is 2.13. The predicted octanol–water partition coefficient (Wildman–Crippen LogP) is 7.07. The Kier molecular flexibility index (Phi) is 4.06. The van der Waals surface area contributed by atoms with Gasteiger partial charge in [0.05, 0.1) is 0 Å². The van der Waals surface area contributed by atoms with Gasteiger partial charge in [-0.25, -0.2) is 0 Å². The first-order valence-corrected chi connectivity index (χ1v) is 8.71. The quantitative estimate of drug-likeness (QED) is 0.371. The smallest absolute Gasteiger partial charge is 0.0479 e. The number of benzene rings is 4. The van der Waals surface area contributed by atoms with Crippen molar-refractivity contribution < 1.29 is 0 Å². The number of hydrogen-bond donors (Lipinski definition) is 0. The third kappa shape index (κ3) is 2.81. The molecule has 2 heteroatoms. The van der Waals surface area contributed by atoms with Crippen molar-refractivity contribution in [2.75, 3.05) is 4.90 Å². The second-order valence-corrected chi connectivity index (χ2v) is 6.51. The number of para-hydroxylation sites is 2. The molecule has 0 bridgehead atoms. The van der Waals surface area contributed by atoms with Crippen molar-refractivity contribution in [3.8, 4) is 0 Å². The van der Waals surface area contributed by atoms with Crippen molar-refractivity contribution in [2.45, 2.75) is 0 Å². The third-order valence-corrected chi connectivity index (χ3v) is 4.74. The van der Waals surface area contributed by atoms with E-state index >= 15 is 0 Å². The maximum absolute atomic E-state index is 3.73. The summed E-state index contributed by atoms with van der Waals surface area (Å²) in [5.41, 5.74) is 3.43. The SMILES string of the molecule is Brc1cc(N(c2ccccc2)c2ccccc2)cc2ccccc12. The van der Waals surface area contributed by atoms with Gasteiger partial charge in [-0.2, -0.15) is 0 Å². The number of anilines is 3. The molecule has 4 aromatic carbocycles. The van der Waals surface area contributed by atoms with Crippen LogP contribution in [0.5, 0.6) is 0 Å².